The van der Waals surface area contributed by atoms with Crippen LogP contribution in [-0.4, -0.2) is 72.9 Å². The maximum atomic E-state index is 12.6. The molecule has 2 fully saturated rings. The van der Waals surface area contributed by atoms with E-state index in [1.807, 2.05) is 0 Å². The van der Waals surface area contributed by atoms with Gasteiger partial charge in [-0.25, -0.2) is 4.79 Å². The van der Waals surface area contributed by atoms with Gasteiger partial charge in [0.15, 0.2) is 0 Å². The van der Waals surface area contributed by atoms with Crippen LogP contribution in [0.15, 0.2) is 22.5 Å². The number of carbonyl (C=O) groups excluding carboxylic acids is 3. The number of nitrogens with two attached hydrogens (primary N) is 1. The molecule has 0 spiro atoms. The molecule has 4 atom stereocenters. The Kier molecular flexibility index (Phi) is 4.21. The topological polar surface area (TPSA) is 133 Å². The number of nitrogens with one attached hydrogen (secondary N) is 1. The van der Waals surface area contributed by atoms with Crippen molar-refractivity contribution in [1.29, 1.82) is 0 Å². The van der Waals surface area contributed by atoms with Gasteiger partial charge in [-0.1, -0.05) is 11.6 Å². The van der Waals surface area contributed by atoms with Gasteiger partial charge in [0.05, 0.1) is 5.03 Å². The molecule has 4 heterocycles. The monoisotopic (exact) mass is 416 g/mol. The van der Waals surface area contributed by atoms with E-state index in [0.717, 1.165) is 4.90 Å². The molecule has 0 aromatic carbocycles. The van der Waals surface area contributed by atoms with Crippen molar-refractivity contribution in [2.24, 2.45) is 5.73 Å². The number of amides is 3. The maximum Gasteiger partial charge on any atom is 0.353 e. The number of aliphatic carboxylic acids is 1. The number of β-lactam (4-membered cyclic amide) rings is 2. The normalized spacial score (nSPS) is 32.9. The van der Waals surface area contributed by atoms with Gasteiger partial charge in [0, 0.05) is 11.5 Å². The van der Waals surface area contributed by atoms with E-state index in [0.29, 0.717) is 5.75 Å². The largest absolute Gasteiger partial charge is 0.477 e. The van der Waals surface area contributed by atoms with E-state index in [-0.39, 0.29) is 33.5 Å². The van der Waals surface area contributed by atoms with Crippen LogP contribution >= 0.6 is 35.1 Å². The third kappa shape index (κ3) is 2.38. The number of hydrogen-bond donors (Lipinski definition) is 3. The van der Waals surface area contributed by atoms with Gasteiger partial charge in [0.25, 0.3) is 11.8 Å². The summed E-state index contributed by atoms with van der Waals surface area (Å²) >= 11 is 8.65. The molecule has 4 aliphatic heterocycles. The first-order valence-electron chi connectivity index (χ1n) is 7.61. The quantitative estimate of drug-likeness (QED) is 0.501. The fourth-order valence-corrected chi connectivity index (χ4v) is 5.94. The second kappa shape index (κ2) is 6.19. The summed E-state index contributed by atoms with van der Waals surface area (Å²) in [6, 6.07) is -1.50. The van der Waals surface area contributed by atoms with Crippen LogP contribution in [-0.2, 0) is 19.2 Å². The highest BCUT2D eigenvalue weighted by molar-refractivity contribution is 8.00. The van der Waals surface area contributed by atoms with Crippen LogP contribution in [0.1, 0.15) is 0 Å². The number of carboxylic acid groups (broad SMARTS) is 1. The molecule has 9 nitrogen and oxygen atoms in total. The van der Waals surface area contributed by atoms with Crippen LogP contribution in [0.4, 0.5) is 0 Å². The Labute approximate surface area is 160 Å². The molecule has 2 saturated heterocycles. The number of carbonyl (C=O) groups is 4. The van der Waals surface area contributed by atoms with Gasteiger partial charge in [0.2, 0.25) is 5.91 Å². The van der Waals surface area contributed by atoms with Crippen LogP contribution in [0.3, 0.4) is 0 Å². The molecule has 0 radical (unpaired) electrons. The molecular formula is C14H13ClN4O5S2. The first kappa shape index (κ1) is 17.7. The van der Waals surface area contributed by atoms with Crippen molar-refractivity contribution in [1.82, 2.24) is 15.1 Å². The number of fused-ring (bicyclic) bond motifs is 2. The molecule has 26 heavy (non-hydrogen) atoms. The summed E-state index contributed by atoms with van der Waals surface area (Å²) < 4.78 is 0. The van der Waals surface area contributed by atoms with Crippen molar-refractivity contribution >= 4 is 58.8 Å². The number of hydrogen-bond acceptors (Lipinski definition) is 7. The highest BCUT2D eigenvalue weighted by Crippen LogP contribution is 2.42. The molecule has 12 heteroatoms. The van der Waals surface area contributed by atoms with E-state index >= 15 is 0 Å². The lowest BCUT2D eigenvalue weighted by Gasteiger charge is -2.50. The minimum atomic E-state index is -1.28. The van der Waals surface area contributed by atoms with Gasteiger partial charge < -0.3 is 16.2 Å². The van der Waals surface area contributed by atoms with E-state index < -0.39 is 35.2 Å². The number of halogens is 1. The third-order valence-corrected chi connectivity index (χ3v) is 7.49. The Bertz CT molecular complexity index is 815. The van der Waals surface area contributed by atoms with Gasteiger partial charge >= 0.3 is 5.97 Å². The molecular weight excluding hydrogens is 404 g/mol. The van der Waals surface area contributed by atoms with Crippen molar-refractivity contribution in [3.8, 4) is 0 Å². The van der Waals surface area contributed by atoms with E-state index in [9.17, 15) is 24.3 Å². The minimum Gasteiger partial charge on any atom is -0.477 e. The van der Waals surface area contributed by atoms with E-state index in [4.69, 9.17) is 17.3 Å². The fraction of sp³-hybridized carbons (Fsp3) is 0.429. The predicted octanol–water partition coefficient (Wildman–Crippen LogP) is -0.952. The zero-order chi connectivity index (χ0) is 18.7. The van der Waals surface area contributed by atoms with Crippen molar-refractivity contribution in [3.05, 3.63) is 22.5 Å². The molecule has 4 rings (SSSR count). The highest BCUT2D eigenvalue weighted by atomic mass is 35.5. The Morgan fingerprint density at radius 1 is 1.23 bits per heavy atom. The standard InChI is InChI=1S/C14H13ClN4O5S2/c15-4-3-26-13-7(11(22)19(13)8(4)14(23)24)17-9(20)5-1-2-25-12-6(16)10(21)18(5)12/h1,6-7,12-13H,2-3,16H2,(H,17,20)(H,23,24)/t6-,7-,12-,13-/m1/s1. The summed E-state index contributed by atoms with van der Waals surface area (Å²) in [5.41, 5.74) is 5.67. The lowest BCUT2D eigenvalue weighted by atomic mass is 10.0. The van der Waals surface area contributed by atoms with Crippen molar-refractivity contribution in [3.63, 3.8) is 0 Å². The van der Waals surface area contributed by atoms with Gasteiger partial charge in [-0.15, -0.1) is 23.5 Å². The Morgan fingerprint density at radius 3 is 2.65 bits per heavy atom. The molecule has 0 unspecified atom stereocenters. The predicted molar refractivity (Wildman–Crippen MR) is 94.7 cm³/mol. The number of thioether (sulfide) groups is 2. The maximum absolute atomic E-state index is 12.6. The number of nitrogens with zero attached hydrogens (tertiary/aromatic N) is 2. The zero-order valence-electron chi connectivity index (χ0n) is 13.0. The van der Waals surface area contributed by atoms with E-state index in [1.54, 1.807) is 6.08 Å². The van der Waals surface area contributed by atoms with Gasteiger partial charge in [-0.05, 0) is 6.08 Å². The Hall–Kier alpha value is -1.69. The molecule has 0 bridgehead atoms. The number of carboxylic acids is 1. The lowest BCUT2D eigenvalue weighted by molar-refractivity contribution is -0.151. The summed E-state index contributed by atoms with van der Waals surface area (Å²) in [4.78, 5) is 50.6. The SMILES string of the molecule is N[C@@H]1C(=O)N2C(C(=O)N[C@@H]3C(=O)N4C(C(=O)O)=C(Cl)CS[C@H]34)=CCS[C@H]12. The van der Waals surface area contributed by atoms with Crippen molar-refractivity contribution in [2.75, 3.05) is 11.5 Å². The van der Waals surface area contributed by atoms with Crippen LogP contribution in [0.25, 0.3) is 0 Å². The van der Waals surface area contributed by atoms with Gasteiger partial charge in [-0.2, -0.15) is 0 Å². The fourth-order valence-electron chi connectivity index (χ4n) is 3.24. The van der Waals surface area contributed by atoms with Crippen molar-refractivity contribution < 1.29 is 24.3 Å². The van der Waals surface area contributed by atoms with Gasteiger partial charge in [0.1, 0.15) is 34.2 Å². The number of rotatable bonds is 3. The van der Waals surface area contributed by atoms with Crippen molar-refractivity contribution in [2.45, 2.75) is 22.8 Å². The smallest absolute Gasteiger partial charge is 0.353 e. The second-order valence-corrected chi connectivity index (χ2v) is 8.68. The highest BCUT2D eigenvalue weighted by Gasteiger charge is 2.55. The molecule has 0 aromatic rings. The molecule has 4 N–H and O–H groups in total. The van der Waals surface area contributed by atoms with E-state index in [2.05, 4.69) is 5.32 Å². The lowest BCUT2D eigenvalue weighted by Crippen LogP contribution is -2.72. The first-order valence-corrected chi connectivity index (χ1v) is 10.1. The molecule has 4 aliphatic rings. The van der Waals surface area contributed by atoms with E-state index in [1.165, 1.54) is 28.4 Å². The summed E-state index contributed by atoms with van der Waals surface area (Å²) in [6.45, 7) is 0. The van der Waals surface area contributed by atoms with Crippen LogP contribution < -0.4 is 11.1 Å². The first-order chi connectivity index (χ1) is 12.3. The summed E-state index contributed by atoms with van der Waals surface area (Å²) in [7, 11) is 0. The summed E-state index contributed by atoms with van der Waals surface area (Å²) in [6.07, 6.45) is 1.62. The van der Waals surface area contributed by atoms with Crippen LogP contribution in [0.2, 0.25) is 0 Å². The molecule has 138 valence electrons. The van der Waals surface area contributed by atoms with Crippen LogP contribution in [0.5, 0.6) is 0 Å². The average molecular weight is 417 g/mol. The molecule has 0 saturated carbocycles. The zero-order valence-corrected chi connectivity index (χ0v) is 15.4. The Morgan fingerprint density at radius 2 is 1.96 bits per heavy atom. The summed E-state index contributed by atoms with van der Waals surface area (Å²) in [5, 5.41) is 11.1. The minimum absolute atomic E-state index is 0.0897. The molecule has 3 amide bonds. The van der Waals surface area contributed by atoms with Gasteiger partial charge in [-0.3, -0.25) is 24.2 Å². The van der Waals surface area contributed by atoms with Crippen LogP contribution in [0, 0.1) is 0 Å². The average Bonchev–Trinajstić information content (AvgIpc) is 2.63. The summed E-state index contributed by atoms with van der Waals surface area (Å²) in [5.74, 6) is -1.93. The molecule has 0 aromatic heterocycles. The molecule has 0 aliphatic carbocycles. The third-order valence-electron chi connectivity index (χ3n) is 4.53. The second-order valence-electron chi connectivity index (χ2n) is 5.97. The Balaban J connectivity index is 1.49.